The predicted molar refractivity (Wildman–Crippen MR) is 160 cm³/mol. The fourth-order valence-corrected chi connectivity index (χ4v) is 5.57. The van der Waals surface area contributed by atoms with Crippen molar-refractivity contribution in [2.24, 2.45) is 41.4 Å². The molecule has 1 aromatic rings. The number of ketones is 1. The lowest BCUT2D eigenvalue weighted by atomic mass is 9.72. The highest BCUT2D eigenvalue weighted by atomic mass is 16.1. The molecule has 202 valence electrons. The van der Waals surface area contributed by atoms with Crippen molar-refractivity contribution in [1.82, 2.24) is 0 Å². The molecule has 1 heteroatoms. The predicted octanol–water partition coefficient (Wildman–Crippen LogP) is 10.3. The van der Waals surface area contributed by atoms with Crippen molar-refractivity contribution < 1.29 is 4.79 Å². The number of Topliss-reactive ketones (excluding diaryl/α,β-unsaturated/α-hetero) is 1. The maximum atomic E-state index is 12.4. The summed E-state index contributed by atoms with van der Waals surface area (Å²) in [6, 6.07) is 10.7. The third-order valence-electron chi connectivity index (χ3n) is 7.76. The molecule has 0 fully saturated rings. The molecule has 0 spiro atoms. The molecule has 0 radical (unpaired) electrons. The summed E-state index contributed by atoms with van der Waals surface area (Å²) in [7, 11) is 0. The molecule has 1 rings (SSSR count). The van der Waals surface area contributed by atoms with E-state index in [0.717, 1.165) is 44.9 Å². The zero-order chi connectivity index (χ0) is 27.4. The molecule has 0 aliphatic rings. The van der Waals surface area contributed by atoms with Gasteiger partial charge in [-0.05, 0) is 92.9 Å². The van der Waals surface area contributed by atoms with Gasteiger partial charge < -0.3 is 0 Å². The molecule has 0 N–H and O–H groups in total. The van der Waals surface area contributed by atoms with E-state index in [1.807, 2.05) is 0 Å². The summed E-state index contributed by atoms with van der Waals surface area (Å²) >= 11 is 0. The van der Waals surface area contributed by atoms with Gasteiger partial charge in [-0.1, -0.05) is 115 Å². The van der Waals surface area contributed by atoms with Crippen LogP contribution in [0, 0.1) is 41.4 Å². The molecule has 0 heterocycles. The molecule has 1 nitrogen and oxygen atoms in total. The van der Waals surface area contributed by atoms with Gasteiger partial charge in [0.15, 0.2) is 0 Å². The molecule has 0 saturated carbocycles. The lowest BCUT2D eigenvalue weighted by Crippen LogP contribution is -2.22. The first-order valence-corrected chi connectivity index (χ1v) is 14.4. The highest BCUT2D eigenvalue weighted by Crippen LogP contribution is 2.39. The topological polar surface area (TPSA) is 17.1 Å². The summed E-state index contributed by atoms with van der Waals surface area (Å²) in [5.41, 5.74) is 5.29. The molecule has 4 atom stereocenters. The van der Waals surface area contributed by atoms with Crippen LogP contribution < -0.4 is 0 Å². The summed E-state index contributed by atoms with van der Waals surface area (Å²) in [5, 5.41) is 0. The van der Waals surface area contributed by atoms with Crippen LogP contribution in [0.2, 0.25) is 0 Å². The summed E-state index contributed by atoms with van der Waals surface area (Å²) in [4.78, 5) is 12.4. The van der Waals surface area contributed by atoms with Gasteiger partial charge in [-0.3, -0.25) is 4.79 Å². The van der Waals surface area contributed by atoms with E-state index in [2.05, 4.69) is 98.5 Å². The van der Waals surface area contributed by atoms with Crippen molar-refractivity contribution in [3.63, 3.8) is 0 Å². The molecule has 0 bridgehead atoms. The van der Waals surface area contributed by atoms with Crippen molar-refractivity contribution in [2.75, 3.05) is 0 Å². The number of benzene rings is 1. The maximum absolute atomic E-state index is 12.4. The summed E-state index contributed by atoms with van der Waals surface area (Å²) in [5.74, 6) is 3.31. The van der Waals surface area contributed by atoms with Gasteiger partial charge in [-0.2, -0.15) is 0 Å². The Kier molecular flexibility index (Phi) is 14.3. The second-order valence-corrected chi connectivity index (χ2v) is 12.7. The van der Waals surface area contributed by atoms with Gasteiger partial charge in [0, 0.05) is 5.92 Å². The van der Waals surface area contributed by atoms with Gasteiger partial charge in [0.25, 0.3) is 0 Å². The van der Waals surface area contributed by atoms with E-state index in [4.69, 9.17) is 0 Å². The molecule has 0 aromatic heterocycles. The lowest BCUT2D eigenvalue weighted by Gasteiger charge is -2.33. The van der Waals surface area contributed by atoms with E-state index < -0.39 is 0 Å². The Balaban J connectivity index is 2.99. The van der Waals surface area contributed by atoms with Gasteiger partial charge >= 0.3 is 0 Å². The number of rotatable bonds is 18. The molecule has 0 saturated heterocycles. The largest absolute Gasteiger partial charge is 0.300 e. The van der Waals surface area contributed by atoms with Gasteiger partial charge in [0.05, 0.1) is 0 Å². The van der Waals surface area contributed by atoms with Gasteiger partial charge in [-0.15, -0.1) is 0 Å². The first-order valence-electron chi connectivity index (χ1n) is 14.4. The Bertz CT molecular complexity index is 825. The van der Waals surface area contributed by atoms with E-state index >= 15 is 0 Å². The summed E-state index contributed by atoms with van der Waals surface area (Å²) in [6.07, 6.45) is 7.02. The van der Waals surface area contributed by atoms with Gasteiger partial charge in [0.2, 0.25) is 0 Å². The molecular weight excluding hydrogens is 436 g/mol. The van der Waals surface area contributed by atoms with E-state index in [1.165, 1.54) is 22.3 Å². The smallest absolute Gasteiger partial charge is 0.133 e. The van der Waals surface area contributed by atoms with Crippen molar-refractivity contribution in [3.05, 3.63) is 72.4 Å². The minimum absolute atomic E-state index is 0.0866. The SMILES string of the molecule is C=C(C[C@@H](CC(C)C)C(C)=O)C(CC(=C)[C@H](CC(C)C)C(C)C(=C)CCc1ccccc1)CC(C)C. The van der Waals surface area contributed by atoms with E-state index in [-0.39, 0.29) is 5.92 Å². The van der Waals surface area contributed by atoms with Crippen molar-refractivity contribution in [3.8, 4) is 0 Å². The number of hydrogen-bond acceptors (Lipinski definition) is 1. The molecular formula is C35H56O. The number of carbonyl (C=O) groups excluding carboxylic acids is 1. The summed E-state index contributed by atoms with van der Waals surface area (Å²) in [6.45, 7) is 31.5. The van der Waals surface area contributed by atoms with Crippen molar-refractivity contribution in [1.29, 1.82) is 0 Å². The average Bonchev–Trinajstić information content (AvgIpc) is 2.79. The second kappa shape index (κ2) is 16.1. The van der Waals surface area contributed by atoms with E-state index in [0.29, 0.717) is 41.3 Å². The average molecular weight is 493 g/mol. The minimum atomic E-state index is 0.0866. The van der Waals surface area contributed by atoms with Crippen molar-refractivity contribution >= 4 is 5.78 Å². The molecule has 0 aliphatic heterocycles. The number of aryl methyl sites for hydroxylation is 1. The molecule has 1 aromatic carbocycles. The third-order valence-corrected chi connectivity index (χ3v) is 7.76. The normalized spacial score (nSPS) is 15.1. The van der Waals surface area contributed by atoms with Crippen LogP contribution in [0.1, 0.15) is 99.5 Å². The van der Waals surface area contributed by atoms with E-state index in [1.54, 1.807) is 6.92 Å². The number of hydrogen-bond donors (Lipinski definition) is 0. The standard InChI is InChI=1S/C35H56O/c1-24(2)19-33(28(8)22-34(31(11)36)20-25(3)4)23-29(9)35(21-26(5)6)30(10)27(7)17-18-32-15-13-12-14-16-32/h12-16,24-26,30,33-35H,7-9,17-23H2,1-6,10-11H3/t30?,33?,34-,35+/m1/s1. The zero-order valence-corrected chi connectivity index (χ0v) is 24.9. The quantitative estimate of drug-likeness (QED) is 0.186. The molecule has 36 heavy (non-hydrogen) atoms. The molecule has 0 amide bonds. The van der Waals surface area contributed by atoms with Crippen LogP contribution in [0.3, 0.4) is 0 Å². The first-order chi connectivity index (χ1) is 16.8. The summed E-state index contributed by atoms with van der Waals surface area (Å²) < 4.78 is 0. The van der Waals surface area contributed by atoms with Crippen LogP contribution in [0.5, 0.6) is 0 Å². The number of carbonyl (C=O) groups is 1. The van der Waals surface area contributed by atoms with Crippen LogP contribution in [-0.2, 0) is 11.2 Å². The van der Waals surface area contributed by atoms with Gasteiger partial charge in [-0.25, -0.2) is 0 Å². The van der Waals surface area contributed by atoms with Crippen LogP contribution in [0.25, 0.3) is 0 Å². The first kappa shape index (κ1) is 32.1. The van der Waals surface area contributed by atoms with Crippen molar-refractivity contribution in [2.45, 2.75) is 100 Å². The highest BCUT2D eigenvalue weighted by molar-refractivity contribution is 5.78. The Morgan fingerprint density at radius 3 is 1.69 bits per heavy atom. The molecule has 2 unspecified atom stereocenters. The van der Waals surface area contributed by atoms with Crippen LogP contribution in [-0.4, -0.2) is 5.78 Å². The Morgan fingerprint density at radius 2 is 1.19 bits per heavy atom. The molecule has 0 aliphatic carbocycles. The monoisotopic (exact) mass is 492 g/mol. The Hall–Kier alpha value is -1.89. The van der Waals surface area contributed by atoms with Crippen LogP contribution >= 0.6 is 0 Å². The van der Waals surface area contributed by atoms with Crippen LogP contribution in [0.15, 0.2) is 66.8 Å². The fraction of sp³-hybridized carbons (Fsp3) is 0.629. The van der Waals surface area contributed by atoms with Gasteiger partial charge in [0.1, 0.15) is 5.78 Å². The third kappa shape index (κ3) is 11.9. The minimum Gasteiger partial charge on any atom is -0.300 e. The number of allylic oxidation sites excluding steroid dienone is 3. The van der Waals surface area contributed by atoms with Crippen LogP contribution in [0.4, 0.5) is 0 Å². The second-order valence-electron chi connectivity index (χ2n) is 12.7. The highest BCUT2D eigenvalue weighted by Gasteiger charge is 2.28. The zero-order valence-electron chi connectivity index (χ0n) is 24.9. The van der Waals surface area contributed by atoms with E-state index in [9.17, 15) is 4.79 Å². The fourth-order valence-electron chi connectivity index (χ4n) is 5.57. The maximum Gasteiger partial charge on any atom is 0.133 e. The Morgan fingerprint density at radius 1 is 0.694 bits per heavy atom. The Labute approximate surface area is 224 Å². The lowest BCUT2D eigenvalue weighted by molar-refractivity contribution is -0.121.